The van der Waals surface area contributed by atoms with Crippen LogP contribution in [-0.4, -0.2) is 30.7 Å². The van der Waals surface area contributed by atoms with E-state index in [2.05, 4.69) is 16.6 Å². The van der Waals surface area contributed by atoms with Crippen molar-refractivity contribution in [1.29, 1.82) is 0 Å². The van der Waals surface area contributed by atoms with Crippen molar-refractivity contribution in [1.82, 2.24) is 9.71 Å². The highest BCUT2D eigenvalue weighted by molar-refractivity contribution is 7.89. The number of nitrogens with zero attached hydrogens (tertiary/aromatic N) is 1. The van der Waals surface area contributed by atoms with Crippen molar-refractivity contribution in [3.63, 3.8) is 0 Å². The highest BCUT2D eigenvalue weighted by Crippen LogP contribution is 2.33. The molecule has 2 N–H and O–H groups in total. The van der Waals surface area contributed by atoms with Crippen LogP contribution in [0.25, 0.3) is 0 Å². The quantitative estimate of drug-likeness (QED) is 0.868. The van der Waals surface area contributed by atoms with Crippen LogP contribution >= 0.6 is 0 Å². The summed E-state index contributed by atoms with van der Waals surface area (Å²) in [6.45, 7) is 2.00. The van der Waals surface area contributed by atoms with Crippen LogP contribution in [0.5, 0.6) is 0 Å². The lowest BCUT2D eigenvalue weighted by molar-refractivity contribution is -0.00444. The van der Waals surface area contributed by atoms with Gasteiger partial charge in [-0.25, -0.2) is 22.5 Å². The highest BCUT2D eigenvalue weighted by atomic mass is 32.2. The molecule has 1 heterocycles. The molecule has 0 saturated heterocycles. The van der Waals surface area contributed by atoms with Crippen molar-refractivity contribution >= 4 is 10.0 Å². The summed E-state index contributed by atoms with van der Waals surface area (Å²) in [5.74, 6) is -0.304. The minimum atomic E-state index is -4.04. The number of aliphatic hydroxyl groups is 1. The summed E-state index contributed by atoms with van der Waals surface area (Å²) in [5.41, 5.74) is -1.05. The Labute approximate surface area is 124 Å². The molecule has 1 saturated carbocycles. The summed E-state index contributed by atoms with van der Waals surface area (Å²) in [6, 6.07) is 2.37. The first-order valence-electron chi connectivity index (χ1n) is 7.19. The minimum absolute atomic E-state index is 0.109. The van der Waals surface area contributed by atoms with E-state index in [4.69, 9.17) is 0 Å². The zero-order chi connectivity index (χ0) is 15.5. The smallest absolute Gasteiger partial charge is 0.261 e. The van der Waals surface area contributed by atoms with Crippen molar-refractivity contribution in [3.05, 3.63) is 24.1 Å². The van der Waals surface area contributed by atoms with Crippen LogP contribution in [0.2, 0.25) is 0 Å². The van der Waals surface area contributed by atoms with Crippen LogP contribution in [0, 0.1) is 11.7 Å². The number of halogens is 1. The first-order chi connectivity index (χ1) is 9.86. The number of pyridine rings is 1. The minimum Gasteiger partial charge on any atom is -0.389 e. The molecule has 0 bridgehead atoms. The molecule has 1 aliphatic rings. The summed E-state index contributed by atoms with van der Waals surface area (Å²) in [4.78, 5) is 3.55. The number of aromatic nitrogens is 1. The van der Waals surface area contributed by atoms with E-state index in [0.717, 1.165) is 25.3 Å². The van der Waals surface area contributed by atoms with Gasteiger partial charge in [-0.2, -0.15) is 0 Å². The van der Waals surface area contributed by atoms with Crippen LogP contribution in [-0.2, 0) is 10.0 Å². The average molecular weight is 316 g/mol. The molecule has 5 nitrogen and oxygen atoms in total. The molecule has 0 unspecified atom stereocenters. The molecule has 0 radical (unpaired) electrons. The maximum Gasteiger partial charge on any atom is 0.261 e. The number of hydrogen-bond acceptors (Lipinski definition) is 4. The van der Waals surface area contributed by atoms with Crippen molar-refractivity contribution in [2.45, 2.75) is 49.7 Å². The molecule has 118 valence electrons. The number of sulfonamides is 1. The SMILES string of the molecule is CCC1CCC(O)(CNS(=O)(=O)c2ncccc2F)CC1. The van der Waals surface area contributed by atoms with Crippen molar-refractivity contribution in [3.8, 4) is 0 Å². The maximum atomic E-state index is 13.5. The standard InChI is InChI=1S/C14H21FN2O3S/c1-2-11-5-7-14(18,8-6-11)10-17-21(19,20)13-12(15)4-3-9-16-13/h3-4,9,11,17-18H,2,5-8,10H2,1H3. The molecule has 0 amide bonds. The Hall–Kier alpha value is -1.05. The first-order valence-corrected chi connectivity index (χ1v) is 8.67. The van der Waals surface area contributed by atoms with Crippen LogP contribution in [0.4, 0.5) is 4.39 Å². The van der Waals surface area contributed by atoms with E-state index in [1.165, 1.54) is 12.3 Å². The lowest BCUT2D eigenvalue weighted by Gasteiger charge is -2.35. The van der Waals surface area contributed by atoms with Gasteiger partial charge in [-0.1, -0.05) is 13.3 Å². The van der Waals surface area contributed by atoms with Gasteiger partial charge in [-0.3, -0.25) is 0 Å². The van der Waals surface area contributed by atoms with Crippen LogP contribution < -0.4 is 4.72 Å². The van der Waals surface area contributed by atoms with Crippen molar-refractivity contribution in [2.75, 3.05) is 6.54 Å². The fourth-order valence-corrected chi connectivity index (χ4v) is 3.79. The zero-order valence-corrected chi connectivity index (χ0v) is 12.9. The largest absolute Gasteiger partial charge is 0.389 e. The molecule has 21 heavy (non-hydrogen) atoms. The van der Waals surface area contributed by atoms with E-state index in [9.17, 15) is 17.9 Å². The Kier molecular flexibility index (Phi) is 4.95. The molecule has 0 spiro atoms. The molecule has 1 aliphatic carbocycles. The van der Waals surface area contributed by atoms with E-state index >= 15 is 0 Å². The normalized spacial score (nSPS) is 26.7. The fourth-order valence-electron chi connectivity index (χ4n) is 2.67. The first kappa shape index (κ1) is 16.3. The van der Waals surface area contributed by atoms with Gasteiger partial charge < -0.3 is 5.11 Å². The highest BCUT2D eigenvalue weighted by Gasteiger charge is 2.34. The van der Waals surface area contributed by atoms with Crippen molar-refractivity contribution in [2.24, 2.45) is 5.92 Å². The Bertz CT molecular complexity index is 584. The molecule has 1 fully saturated rings. The second-order valence-corrected chi connectivity index (χ2v) is 7.37. The fraction of sp³-hybridized carbons (Fsp3) is 0.643. The summed E-state index contributed by atoms with van der Waals surface area (Å²) < 4.78 is 39.8. The number of nitrogens with one attached hydrogen (secondary N) is 1. The molecule has 0 aliphatic heterocycles. The van der Waals surface area contributed by atoms with E-state index < -0.39 is 26.5 Å². The lowest BCUT2D eigenvalue weighted by atomic mass is 9.78. The predicted molar refractivity (Wildman–Crippen MR) is 76.6 cm³/mol. The average Bonchev–Trinajstić information content (AvgIpc) is 2.47. The van der Waals surface area contributed by atoms with E-state index in [-0.39, 0.29) is 6.54 Å². The third kappa shape index (κ3) is 3.99. The maximum absolute atomic E-state index is 13.5. The van der Waals surface area contributed by atoms with Gasteiger partial charge in [0, 0.05) is 12.7 Å². The Morgan fingerprint density at radius 2 is 2.14 bits per heavy atom. The number of rotatable bonds is 5. The van der Waals surface area contributed by atoms with Gasteiger partial charge >= 0.3 is 0 Å². The molecule has 7 heteroatoms. The van der Waals surface area contributed by atoms with Gasteiger partial charge in [0.25, 0.3) is 10.0 Å². The Balaban J connectivity index is 2.01. The molecule has 1 aromatic heterocycles. The Morgan fingerprint density at radius 1 is 1.48 bits per heavy atom. The molecular formula is C14H21FN2O3S. The summed E-state index contributed by atoms with van der Waals surface area (Å²) in [5, 5.41) is 9.79. The van der Waals surface area contributed by atoms with Gasteiger partial charge in [0.1, 0.15) is 0 Å². The van der Waals surface area contributed by atoms with Gasteiger partial charge in [0.15, 0.2) is 5.82 Å². The summed E-state index contributed by atoms with van der Waals surface area (Å²) >= 11 is 0. The molecule has 0 atom stereocenters. The second-order valence-electron chi connectivity index (χ2n) is 5.69. The van der Waals surface area contributed by atoms with Crippen LogP contribution in [0.15, 0.2) is 23.4 Å². The van der Waals surface area contributed by atoms with Gasteiger partial charge in [-0.15, -0.1) is 0 Å². The third-order valence-corrected chi connectivity index (χ3v) is 5.52. The van der Waals surface area contributed by atoms with Gasteiger partial charge in [-0.05, 0) is 43.7 Å². The lowest BCUT2D eigenvalue weighted by Crippen LogP contribution is -2.45. The topological polar surface area (TPSA) is 79.3 Å². The predicted octanol–water partition coefficient (Wildman–Crippen LogP) is 1.83. The van der Waals surface area contributed by atoms with Crippen molar-refractivity contribution < 1.29 is 17.9 Å². The molecule has 0 aromatic carbocycles. The van der Waals surface area contributed by atoms with Crippen LogP contribution in [0.3, 0.4) is 0 Å². The van der Waals surface area contributed by atoms with Gasteiger partial charge in [0.2, 0.25) is 5.03 Å². The second kappa shape index (κ2) is 6.37. The monoisotopic (exact) mass is 316 g/mol. The van der Waals surface area contributed by atoms with E-state index in [1.54, 1.807) is 0 Å². The summed E-state index contributed by atoms with van der Waals surface area (Å²) in [7, 11) is -4.04. The Morgan fingerprint density at radius 3 is 2.71 bits per heavy atom. The van der Waals surface area contributed by atoms with Gasteiger partial charge in [0.05, 0.1) is 5.60 Å². The number of hydrogen-bond donors (Lipinski definition) is 2. The van der Waals surface area contributed by atoms with E-state index in [1.807, 2.05) is 0 Å². The molecule has 1 aromatic rings. The van der Waals surface area contributed by atoms with E-state index in [0.29, 0.717) is 18.8 Å². The summed E-state index contributed by atoms with van der Waals surface area (Å²) in [6.07, 6.45) is 5.16. The zero-order valence-electron chi connectivity index (χ0n) is 12.0. The third-order valence-electron chi connectivity index (χ3n) is 4.18. The molecular weight excluding hydrogens is 295 g/mol. The molecule has 2 rings (SSSR count). The van der Waals surface area contributed by atoms with Crippen LogP contribution in [0.1, 0.15) is 39.0 Å².